The summed E-state index contributed by atoms with van der Waals surface area (Å²) >= 11 is 0. The summed E-state index contributed by atoms with van der Waals surface area (Å²) in [5, 5.41) is 20.9. The summed E-state index contributed by atoms with van der Waals surface area (Å²) in [5.74, 6) is -0.357. The van der Waals surface area contributed by atoms with E-state index in [9.17, 15) is 15.2 Å². The van der Waals surface area contributed by atoms with Crippen molar-refractivity contribution in [3.8, 4) is 5.75 Å². The molecule has 0 saturated heterocycles. The fourth-order valence-electron chi connectivity index (χ4n) is 2.30. The van der Waals surface area contributed by atoms with Crippen LogP contribution in [0.4, 0.5) is 11.4 Å². The average Bonchev–Trinajstić information content (AvgIpc) is 2.54. The molecule has 0 fully saturated rings. The molecule has 0 saturated carbocycles. The Morgan fingerprint density at radius 1 is 1.26 bits per heavy atom. The Bertz CT molecular complexity index is 722. The van der Waals surface area contributed by atoms with Gasteiger partial charge in [-0.2, -0.15) is 0 Å². The van der Waals surface area contributed by atoms with Gasteiger partial charge in [-0.05, 0) is 49.1 Å². The minimum Gasteiger partial charge on any atom is -0.502 e. The zero-order valence-electron chi connectivity index (χ0n) is 13.3. The van der Waals surface area contributed by atoms with Crippen LogP contribution < -0.4 is 0 Å². The number of hydrogen-bond donors (Lipinski definition) is 1. The van der Waals surface area contributed by atoms with Crippen molar-refractivity contribution in [2.45, 2.75) is 33.1 Å². The SMILES string of the molecule is CCCCc1ccc(N=Cc2cc(C)cc([N+](=O)[O-])c2O)cc1. The van der Waals surface area contributed by atoms with Gasteiger partial charge in [0.25, 0.3) is 0 Å². The summed E-state index contributed by atoms with van der Waals surface area (Å²) in [6, 6.07) is 10.9. The van der Waals surface area contributed by atoms with E-state index in [1.54, 1.807) is 13.0 Å². The highest BCUT2D eigenvalue weighted by atomic mass is 16.6. The van der Waals surface area contributed by atoms with E-state index < -0.39 is 4.92 Å². The van der Waals surface area contributed by atoms with E-state index in [-0.39, 0.29) is 11.4 Å². The third-order valence-corrected chi connectivity index (χ3v) is 3.57. The molecule has 5 heteroatoms. The number of aromatic hydroxyl groups is 1. The predicted molar refractivity (Wildman–Crippen MR) is 91.8 cm³/mol. The van der Waals surface area contributed by atoms with Gasteiger partial charge in [-0.15, -0.1) is 0 Å². The Hall–Kier alpha value is -2.69. The summed E-state index contributed by atoms with van der Waals surface area (Å²) in [6.45, 7) is 3.90. The van der Waals surface area contributed by atoms with Crippen molar-refractivity contribution >= 4 is 17.6 Å². The van der Waals surface area contributed by atoms with Gasteiger partial charge in [0.05, 0.1) is 10.6 Å². The van der Waals surface area contributed by atoms with Crippen molar-refractivity contribution in [3.05, 3.63) is 63.2 Å². The number of nitro groups is 1. The van der Waals surface area contributed by atoms with Crippen LogP contribution in [0.1, 0.15) is 36.5 Å². The van der Waals surface area contributed by atoms with Crippen LogP contribution >= 0.6 is 0 Å². The highest BCUT2D eigenvalue weighted by Gasteiger charge is 2.16. The zero-order valence-corrected chi connectivity index (χ0v) is 13.3. The second kappa shape index (κ2) is 7.54. The number of rotatable bonds is 6. The maximum Gasteiger partial charge on any atom is 0.311 e. The summed E-state index contributed by atoms with van der Waals surface area (Å²) in [5.41, 5.74) is 2.74. The molecule has 2 aromatic rings. The second-order valence-electron chi connectivity index (χ2n) is 5.51. The number of nitro benzene ring substituents is 1. The second-order valence-corrected chi connectivity index (χ2v) is 5.51. The highest BCUT2D eigenvalue weighted by Crippen LogP contribution is 2.30. The van der Waals surface area contributed by atoms with Crippen molar-refractivity contribution in [2.75, 3.05) is 0 Å². The maximum absolute atomic E-state index is 10.9. The fraction of sp³-hybridized carbons (Fsp3) is 0.278. The van der Waals surface area contributed by atoms with Gasteiger partial charge in [-0.1, -0.05) is 25.5 Å². The molecule has 1 N–H and O–H groups in total. The number of unbranched alkanes of at least 4 members (excludes halogenated alkanes) is 1. The van der Waals surface area contributed by atoms with Gasteiger partial charge >= 0.3 is 5.69 Å². The minimum absolute atomic E-state index is 0.304. The molecule has 0 bridgehead atoms. The first-order valence-electron chi connectivity index (χ1n) is 7.62. The summed E-state index contributed by atoms with van der Waals surface area (Å²) in [7, 11) is 0. The molecular formula is C18H20N2O3. The van der Waals surface area contributed by atoms with Gasteiger partial charge in [-0.3, -0.25) is 15.1 Å². The number of phenols is 1. The van der Waals surface area contributed by atoms with Gasteiger partial charge in [0.15, 0.2) is 0 Å². The van der Waals surface area contributed by atoms with Crippen molar-refractivity contribution in [2.24, 2.45) is 4.99 Å². The largest absolute Gasteiger partial charge is 0.502 e. The Morgan fingerprint density at radius 3 is 2.57 bits per heavy atom. The third kappa shape index (κ3) is 4.39. The van der Waals surface area contributed by atoms with Crippen LogP contribution in [0.25, 0.3) is 0 Å². The van der Waals surface area contributed by atoms with Gasteiger partial charge in [0, 0.05) is 17.8 Å². The molecule has 2 rings (SSSR count). The lowest BCUT2D eigenvalue weighted by molar-refractivity contribution is -0.385. The zero-order chi connectivity index (χ0) is 16.8. The van der Waals surface area contributed by atoms with Crippen molar-refractivity contribution in [1.82, 2.24) is 0 Å². The van der Waals surface area contributed by atoms with Crippen molar-refractivity contribution in [1.29, 1.82) is 0 Å². The number of hydrogen-bond acceptors (Lipinski definition) is 4. The van der Waals surface area contributed by atoms with E-state index in [0.717, 1.165) is 24.9 Å². The van der Waals surface area contributed by atoms with Crippen LogP contribution in [0.15, 0.2) is 41.4 Å². The highest BCUT2D eigenvalue weighted by molar-refractivity contribution is 5.87. The number of phenolic OH excluding ortho intramolecular Hbond substituents is 1. The van der Waals surface area contributed by atoms with Gasteiger partial charge < -0.3 is 5.11 Å². The summed E-state index contributed by atoms with van der Waals surface area (Å²) < 4.78 is 0. The molecule has 0 radical (unpaired) electrons. The molecule has 0 spiro atoms. The van der Waals surface area contributed by atoms with E-state index in [2.05, 4.69) is 11.9 Å². The van der Waals surface area contributed by atoms with Gasteiger partial charge in [-0.25, -0.2) is 0 Å². The van der Waals surface area contributed by atoms with Crippen LogP contribution in [0.2, 0.25) is 0 Å². The molecule has 0 atom stereocenters. The van der Waals surface area contributed by atoms with Gasteiger partial charge in [0.2, 0.25) is 5.75 Å². The molecular weight excluding hydrogens is 292 g/mol. The van der Waals surface area contributed by atoms with E-state index >= 15 is 0 Å². The third-order valence-electron chi connectivity index (χ3n) is 3.57. The van der Waals surface area contributed by atoms with Gasteiger partial charge in [0.1, 0.15) is 0 Å². The molecule has 0 aliphatic heterocycles. The molecule has 0 aromatic heterocycles. The Labute approximate surface area is 135 Å². The first-order chi connectivity index (χ1) is 11.0. The number of aliphatic imine (C=N–C) groups is 1. The molecule has 0 amide bonds. The fourth-order valence-corrected chi connectivity index (χ4v) is 2.30. The molecule has 5 nitrogen and oxygen atoms in total. The first-order valence-corrected chi connectivity index (χ1v) is 7.62. The number of aryl methyl sites for hydroxylation is 2. The molecule has 120 valence electrons. The molecule has 0 aliphatic rings. The standard InChI is InChI=1S/C18H20N2O3/c1-3-4-5-14-6-8-16(9-7-14)19-12-15-10-13(2)11-17(18(15)21)20(22)23/h6-12,21H,3-5H2,1-2H3. The molecule has 23 heavy (non-hydrogen) atoms. The topological polar surface area (TPSA) is 75.7 Å². The summed E-state index contributed by atoms with van der Waals surface area (Å²) in [6.07, 6.45) is 4.82. The Kier molecular flexibility index (Phi) is 5.46. The average molecular weight is 312 g/mol. The van der Waals surface area contributed by atoms with Crippen LogP contribution in [0, 0.1) is 17.0 Å². The van der Waals surface area contributed by atoms with Crippen molar-refractivity contribution < 1.29 is 10.0 Å². The van der Waals surface area contributed by atoms with E-state index in [1.807, 2.05) is 24.3 Å². The smallest absolute Gasteiger partial charge is 0.311 e. The van der Waals surface area contributed by atoms with Crippen molar-refractivity contribution in [3.63, 3.8) is 0 Å². The molecule has 0 unspecified atom stereocenters. The molecule has 0 heterocycles. The van der Waals surface area contributed by atoms with Crippen LogP contribution in [-0.2, 0) is 6.42 Å². The quantitative estimate of drug-likeness (QED) is 0.477. The van der Waals surface area contributed by atoms with Crippen LogP contribution in [0.3, 0.4) is 0 Å². The predicted octanol–water partition coefficient (Wildman–Crippen LogP) is 4.70. The van der Waals surface area contributed by atoms with E-state index in [1.165, 1.54) is 17.8 Å². The summed E-state index contributed by atoms with van der Waals surface area (Å²) in [4.78, 5) is 14.6. The van der Waals surface area contributed by atoms with E-state index in [0.29, 0.717) is 11.1 Å². The Balaban J connectivity index is 2.21. The van der Waals surface area contributed by atoms with E-state index in [4.69, 9.17) is 0 Å². The van der Waals surface area contributed by atoms with Crippen LogP contribution in [-0.4, -0.2) is 16.2 Å². The van der Waals surface area contributed by atoms with Crippen LogP contribution in [0.5, 0.6) is 5.75 Å². The maximum atomic E-state index is 10.9. The first kappa shape index (κ1) is 16.7. The minimum atomic E-state index is -0.595. The normalized spacial score (nSPS) is 11.0. The lowest BCUT2D eigenvalue weighted by Crippen LogP contribution is -1.93. The lowest BCUT2D eigenvalue weighted by Gasteiger charge is -2.03. The lowest BCUT2D eigenvalue weighted by atomic mass is 10.1. The Morgan fingerprint density at radius 2 is 1.96 bits per heavy atom. The monoisotopic (exact) mass is 312 g/mol. The molecule has 0 aliphatic carbocycles. The number of benzene rings is 2. The molecule has 2 aromatic carbocycles. The number of nitrogens with zero attached hydrogens (tertiary/aromatic N) is 2.